The average Bonchev–Trinajstić information content (AvgIpc) is 3.04. The van der Waals surface area contributed by atoms with Gasteiger partial charge in [-0.3, -0.25) is 0 Å². The Morgan fingerprint density at radius 2 is 1.85 bits per heavy atom. The number of benzene rings is 2. The number of aromatic nitrogens is 1. The number of thiazole rings is 1. The Balaban J connectivity index is 1.67. The van der Waals surface area contributed by atoms with Gasteiger partial charge in [0, 0.05) is 30.2 Å². The average molecular weight is 384 g/mol. The largest absolute Gasteiger partial charge is 0.508 e. The Morgan fingerprint density at radius 1 is 1.12 bits per heavy atom. The van der Waals surface area contributed by atoms with Crippen LogP contribution in [0.4, 0.5) is 5.69 Å². The second kappa shape index (κ2) is 6.37. The van der Waals surface area contributed by atoms with Crippen LogP contribution in [-0.2, 0) is 7.05 Å². The number of hydrogen-bond acceptors (Lipinski definition) is 5. The molecule has 6 heteroatoms. The highest BCUT2D eigenvalue weighted by Crippen LogP contribution is 2.46. The lowest BCUT2D eigenvalue weighted by atomic mass is 10.2. The van der Waals surface area contributed by atoms with Crippen LogP contribution >= 0.6 is 23.1 Å². The number of aromatic hydroxyl groups is 2. The van der Waals surface area contributed by atoms with E-state index in [9.17, 15) is 10.2 Å². The molecule has 0 spiro atoms. The van der Waals surface area contributed by atoms with Crippen LogP contribution in [0.1, 0.15) is 11.9 Å². The molecule has 0 amide bonds. The highest BCUT2D eigenvalue weighted by atomic mass is 32.2. The van der Waals surface area contributed by atoms with Crippen molar-refractivity contribution in [3.05, 3.63) is 58.1 Å². The van der Waals surface area contributed by atoms with Gasteiger partial charge in [-0.1, -0.05) is 23.1 Å². The second-order valence-corrected chi connectivity index (χ2v) is 8.46. The fourth-order valence-electron chi connectivity index (χ4n) is 3.01. The number of allylic oxidation sites excluding steroid dienone is 2. The molecule has 3 aromatic rings. The Hall–Kier alpha value is -2.44. The molecule has 0 unspecified atom stereocenters. The van der Waals surface area contributed by atoms with Crippen LogP contribution in [0, 0.1) is 0 Å². The van der Waals surface area contributed by atoms with Crippen LogP contribution < -0.4 is 9.47 Å². The van der Waals surface area contributed by atoms with E-state index in [1.165, 1.54) is 0 Å². The van der Waals surface area contributed by atoms with E-state index in [1.54, 1.807) is 47.4 Å². The third kappa shape index (κ3) is 2.95. The molecule has 2 aromatic carbocycles. The Labute approximate surface area is 160 Å². The number of phenolic OH excluding ortho intramolecular Hbond substituents is 2. The Bertz CT molecular complexity index is 1080. The van der Waals surface area contributed by atoms with Gasteiger partial charge in [-0.25, -0.2) is 0 Å². The lowest BCUT2D eigenvalue weighted by Gasteiger charge is -2.13. The molecule has 0 bridgehead atoms. The predicted octanol–water partition coefficient (Wildman–Crippen LogP) is 4.62. The molecule has 0 aliphatic carbocycles. The summed E-state index contributed by atoms with van der Waals surface area (Å²) in [5.41, 5.74) is 3.35. The summed E-state index contributed by atoms with van der Waals surface area (Å²) in [5.74, 6) is 0.581. The monoisotopic (exact) mass is 383 g/mol. The van der Waals surface area contributed by atoms with Crippen LogP contribution in [0.5, 0.6) is 11.5 Å². The summed E-state index contributed by atoms with van der Waals surface area (Å²) in [5, 5.41) is 21.6. The molecule has 2 N–H and O–H groups in total. The molecule has 1 aliphatic rings. The number of hydrogen-bond donors (Lipinski definition) is 2. The summed E-state index contributed by atoms with van der Waals surface area (Å²) in [6.45, 7) is 2.09. The first-order valence-electron chi connectivity index (χ1n) is 8.18. The molecule has 4 rings (SSSR count). The fraction of sp³-hybridized carbons (Fsp3) is 0.150. The third-order valence-corrected chi connectivity index (χ3v) is 6.70. The molecule has 0 fully saturated rings. The maximum absolute atomic E-state index is 9.68. The van der Waals surface area contributed by atoms with Crippen molar-refractivity contribution in [2.24, 2.45) is 7.05 Å². The zero-order valence-electron chi connectivity index (χ0n) is 14.7. The molecule has 0 radical (unpaired) electrons. The molecule has 0 atom stereocenters. The zero-order chi connectivity index (χ0) is 18.4. The maximum Gasteiger partial charge on any atom is 0.262 e. The smallest absolute Gasteiger partial charge is 0.262 e. The maximum atomic E-state index is 9.68. The molecule has 4 nitrogen and oxygen atoms in total. The van der Waals surface area contributed by atoms with Crippen molar-refractivity contribution in [3.63, 3.8) is 0 Å². The Kier molecular flexibility index (Phi) is 4.17. The molecule has 132 valence electrons. The minimum atomic E-state index is 0.290. The standard InChI is InChI=1S/C20H18N2O2S2/c1-12(8-19-21(2)15-6-4-13(23)10-17(15)25-19)9-20-22(3)16-7-5-14(24)11-18(16)26-20/h4-11H,1-3H3,(H-,23,24)/p+1. The first kappa shape index (κ1) is 17.0. The summed E-state index contributed by atoms with van der Waals surface area (Å²) in [7, 11) is 4.08. The van der Waals surface area contributed by atoms with Gasteiger partial charge in [0.1, 0.15) is 23.2 Å². The van der Waals surface area contributed by atoms with Crippen LogP contribution in [0.15, 0.2) is 58.0 Å². The topological polar surface area (TPSA) is 47.6 Å². The Morgan fingerprint density at radius 3 is 2.65 bits per heavy atom. The molecule has 1 aliphatic heterocycles. The quantitative estimate of drug-likeness (QED) is 0.634. The van der Waals surface area contributed by atoms with Gasteiger partial charge in [-0.05, 0) is 42.8 Å². The predicted molar refractivity (Wildman–Crippen MR) is 109 cm³/mol. The minimum absolute atomic E-state index is 0.290. The number of phenols is 2. The number of thioether (sulfide) groups is 1. The lowest BCUT2D eigenvalue weighted by Crippen LogP contribution is -2.28. The van der Waals surface area contributed by atoms with Gasteiger partial charge in [0.25, 0.3) is 5.01 Å². The molecule has 1 aromatic heterocycles. The summed E-state index contributed by atoms with van der Waals surface area (Å²) < 4.78 is 3.20. The molecule has 26 heavy (non-hydrogen) atoms. The number of fused-ring (bicyclic) bond motifs is 2. The summed E-state index contributed by atoms with van der Waals surface area (Å²) in [6.07, 6.45) is 4.31. The van der Waals surface area contributed by atoms with Crippen molar-refractivity contribution in [2.75, 3.05) is 11.9 Å². The van der Waals surface area contributed by atoms with E-state index in [0.717, 1.165) is 36.4 Å². The van der Waals surface area contributed by atoms with Crippen molar-refractivity contribution in [3.8, 4) is 11.5 Å². The lowest BCUT2D eigenvalue weighted by molar-refractivity contribution is -0.642. The van der Waals surface area contributed by atoms with Crippen molar-refractivity contribution >= 4 is 45.1 Å². The van der Waals surface area contributed by atoms with Crippen LogP contribution in [-0.4, -0.2) is 17.3 Å². The minimum Gasteiger partial charge on any atom is -0.508 e. The molecular formula is C20H19N2O2S2+. The van der Waals surface area contributed by atoms with E-state index < -0.39 is 0 Å². The van der Waals surface area contributed by atoms with Crippen molar-refractivity contribution < 1.29 is 14.8 Å². The zero-order valence-corrected chi connectivity index (χ0v) is 16.4. The number of anilines is 1. The fourth-order valence-corrected chi connectivity index (χ4v) is 5.40. The molecular weight excluding hydrogens is 364 g/mol. The third-order valence-electron chi connectivity index (χ3n) is 4.40. The van der Waals surface area contributed by atoms with E-state index >= 15 is 0 Å². The summed E-state index contributed by atoms with van der Waals surface area (Å²) >= 11 is 3.32. The van der Waals surface area contributed by atoms with E-state index in [1.807, 2.05) is 26.2 Å². The normalized spacial score (nSPS) is 15.9. The summed E-state index contributed by atoms with van der Waals surface area (Å²) in [6, 6.07) is 10.9. The summed E-state index contributed by atoms with van der Waals surface area (Å²) in [4.78, 5) is 3.20. The molecule has 2 heterocycles. The highest BCUT2D eigenvalue weighted by Gasteiger charge is 2.22. The number of nitrogens with zero attached hydrogens (tertiary/aromatic N) is 2. The van der Waals surface area contributed by atoms with E-state index in [2.05, 4.69) is 28.5 Å². The number of rotatable bonds is 2. The van der Waals surface area contributed by atoms with Gasteiger partial charge in [0.05, 0.1) is 10.7 Å². The SMILES string of the molecule is CC(=C\c1sc2cc(O)ccc2[n+]1C)/C=C1/Sc2cc(O)ccc2N1C. The van der Waals surface area contributed by atoms with E-state index in [0.29, 0.717) is 11.5 Å². The number of aryl methyl sites for hydroxylation is 1. The first-order chi connectivity index (χ1) is 12.4. The van der Waals surface area contributed by atoms with Crippen LogP contribution in [0.3, 0.4) is 0 Å². The highest BCUT2D eigenvalue weighted by molar-refractivity contribution is 8.03. The van der Waals surface area contributed by atoms with Crippen molar-refractivity contribution in [1.82, 2.24) is 0 Å². The van der Waals surface area contributed by atoms with Crippen molar-refractivity contribution in [2.45, 2.75) is 11.8 Å². The molecule has 0 saturated heterocycles. The van der Waals surface area contributed by atoms with Gasteiger partial charge in [-0.15, -0.1) is 0 Å². The van der Waals surface area contributed by atoms with Crippen LogP contribution in [0.25, 0.3) is 16.3 Å². The van der Waals surface area contributed by atoms with Gasteiger partial charge < -0.3 is 15.1 Å². The van der Waals surface area contributed by atoms with E-state index in [4.69, 9.17) is 0 Å². The van der Waals surface area contributed by atoms with E-state index in [-0.39, 0.29) is 0 Å². The van der Waals surface area contributed by atoms with Crippen LogP contribution in [0.2, 0.25) is 0 Å². The molecule has 0 saturated carbocycles. The van der Waals surface area contributed by atoms with Gasteiger partial charge in [-0.2, -0.15) is 4.57 Å². The van der Waals surface area contributed by atoms with Gasteiger partial charge in [0.15, 0.2) is 0 Å². The second-order valence-electron chi connectivity index (χ2n) is 6.34. The first-order valence-corrected chi connectivity index (χ1v) is 9.82. The van der Waals surface area contributed by atoms with Crippen molar-refractivity contribution in [1.29, 1.82) is 0 Å². The van der Waals surface area contributed by atoms with Gasteiger partial charge >= 0.3 is 0 Å². The van der Waals surface area contributed by atoms with Gasteiger partial charge in [0.2, 0.25) is 5.52 Å².